The van der Waals surface area contributed by atoms with E-state index in [2.05, 4.69) is 25.4 Å². The molecular weight excluding hydrogens is 344 g/mol. The Hall–Kier alpha value is -3.52. The Bertz CT molecular complexity index is 1090. The van der Waals surface area contributed by atoms with Gasteiger partial charge in [-0.25, -0.2) is 19.5 Å². The van der Waals surface area contributed by atoms with E-state index in [4.69, 9.17) is 0 Å². The molecule has 3 N–H and O–H groups in total. The monoisotopic (exact) mass is 362 g/mol. The molecule has 0 bridgehead atoms. The van der Waals surface area contributed by atoms with Gasteiger partial charge in [0.15, 0.2) is 5.65 Å². The minimum absolute atomic E-state index is 0.237. The number of aromatic hydroxyl groups is 1. The van der Waals surface area contributed by atoms with Crippen molar-refractivity contribution in [3.8, 4) is 17.1 Å². The Balaban J connectivity index is 1.65. The van der Waals surface area contributed by atoms with Crippen LogP contribution in [0.25, 0.3) is 17.0 Å². The van der Waals surface area contributed by atoms with Gasteiger partial charge in [0.2, 0.25) is 0 Å². The van der Waals surface area contributed by atoms with E-state index in [1.165, 1.54) is 6.33 Å². The first-order chi connectivity index (χ1) is 13.1. The van der Waals surface area contributed by atoms with Crippen LogP contribution in [0, 0.1) is 0 Å². The number of aliphatic hydroxyl groups is 1. The molecule has 0 spiro atoms. The van der Waals surface area contributed by atoms with Gasteiger partial charge in [0.05, 0.1) is 23.7 Å². The second-order valence-corrected chi connectivity index (χ2v) is 6.12. The third kappa shape index (κ3) is 3.42. The molecule has 27 heavy (non-hydrogen) atoms. The predicted molar refractivity (Wildman–Crippen MR) is 100 cm³/mol. The SMILES string of the molecule is CC(O)c1cc(-c2cnc3ccc(NCc4ccccc4O)nn23)ncn1. The molecule has 3 aromatic heterocycles. The normalized spacial score (nSPS) is 12.2. The Labute approximate surface area is 155 Å². The molecule has 3 heterocycles. The van der Waals surface area contributed by atoms with Crippen LogP contribution in [0.15, 0.2) is 55.0 Å². The van der Waals surface area contributed by atoms with Crippen molar-refractivity contribution in [1.29, 1.82) is 0 Å². The third-order valence-electron chi connectivity index (χ3n) is 4.19. The second-order valence-electron chi connectivity index (χ2n) is 6.12. The van der Waals surface area contributed by atoms with Crippen LogP contribution in [0.4, 0.5) is 5.82 Å². The number of nitrogens with one attached hydrogen (secondary N) is 1. The van der Waals surface area contributed by atoms with E-state index >= 15 is 0 Å². The highest BCUT2D eigenvalue weighted by molar-refractivity contribution is 5.60. The van der Waals surface area contributed by atoms with Crippen molar-refractivity contribution in [1.82, 2.24) is 24.6 Å². The molecule has 136 valence electrons. The van der Waals surface area contributed by atoms with Crippen LogP contribution < -0.4 is 5.32 Å². The zero-order valence-electron chi connectivity index (χ0n) is 14.6. The molecule has 8 heteroatoms. The summed E-state index contributed by atoms with van der Waals surface area (Å²) in [5, 5.41) is 27.4. The van der Waals surface area contributed by atoms with E-state index in [9.17, 15) is 10.2 Å². The topological polar surface area (TPSA) is 108 Å². The first-order valence-electron chi connectivity index (χ1n) is 8.48. The fourth-order valence-corrected chi connectivity index (χ4v) is 2.73. The fourth-order valence-electron chi connectivity index (χ4n) is 2.73. The molecule has 0 aliphatic heterocycles. The van der Waals surface area contributed by atoms with Crippen LogP contribution in [0.3, 0.4) is 0 Å². The van der Waals surface area contributed by atoms with E-state index in [1.807, 2.05) is 24.3 Å². The Kier molecular flexibility index (Phi) is 4.39. The van der Waals surface area contributed by atoms with Crippen molar-refractivity contribution in [3.05, 3.63) is 66.2 Å². The lowest BCUT2D eigenvalue weighted by atomic mass is 10.2. The van der Waals surface area contributed by atoms with E-state index in [0.29, 0.717) is 35.1 Å². The largest absolute Gasteiger partial charge is 0.508 e. The number of aliphatic hydroxyl groups excluding tert-OH is 1. The maximum Gasteiger partial charge on any atom is 0.154 e. The minimum Gasteiger partial charge on any atom is -0.508 e. The Morgan fingerprint density at radius 1 is 1.11 bits per heavy atom. The number of phenols is 1. The first-order valence-corrected chi connectivity index (χ1v) is 8.48. The summed E-state index contributed by atoms with van der Waals surface area (Å²) in [6, 6.07) is 12.5. The van der Waals surface area contributed by atoms with Gasteiger partial charge < -0.3 is 15.5 Å². The summed E-state index contributed by atoms with van der Waals surface area (Å²) < 4.78 is 1.68. The molecule has 0 aliphatic carbocycles. The van der Waals surface area contributed by atoms with Crippen molar-refractivity contribution in [2.45, 2.75) is 19.6 Å². The van der Waals surface area contributed by atoms with E-state index in [1.54, 1.807) is 35.8 Å². The molecule has 0 aliphatic rings. The summed E-state index contributed by atoms with van der Waals surface area (Å²) in [5.74, 6) is 0.871. The van der Waals surface area contributed by atoms with Gasteiger partial charge in [0.25, 0.3) is 0 Å². The average molecular weight is 362 g/mol. The van der Waals surface area contributed by atoms with Crippen LogP contribution in [0.5, 0.6) is 5.75 Å². The van der Waals surface area contributed by atoms with Gasteiger partial charge in [-0.1, -0.05) is 18.2 Å². The van der Waals surface area contributed by atoms with Crippen LogP contribution >= 0.6 is 0 Å². The zero-order chi connectivity index (χ0) is 18.8. The molecule has 8 nitrogen and oxygen atoms in total. The summed E-state index contributed by atoms with van der Waals surface area (Å²) in [6.45, 7) is 2.09. The Morgan fingerprint density at radius 3 is 2.78 bits per heavy atom. The molecule has 0 fully saturated rings. The molecule has 1 unspecified atom stereocenters. The molecule has 4 rings (SSSR count). The number of hydrogen-bond donors (Lipinski definition) is 3. The molecule has 0 saturated heterocycles. The standard InChI is InChI=1S/C19H18N6O2/c1-12(26)14-8-15(23-11-22-14)16-10-21-19-7-6-18(24-25(16)19)20-9-13-4-2-3-5-17(13)27/h2-8,10-12,26-27H,9H2,1H3,(H,20,24). The Morgan fingerprint density at radius 2 is 1.96 bits per heavy atom. The number of nitrogens with zero attached hydrogens (tertiary/aromatic N) is 5. The lowest BCUT2D eigenvalue weighted by Gasteiger charge is -2.09. The lowest BCUT2D eigenvalue weighted by molar-refractivity contribution is 0.194. The van der Waals surface area contributed by atoms with Gasteiger partial charge in [-0.05, 0) is 31.2 Å². The smallest absolute Gasteiger partial charge is 0.154 e. The van der Waals surface area contributed by atoms with Gasteiger partial charge in [0, 0.05) is 12.1 Å². The van der Waals surface area contributed by atoms with Crippen molar-refractivity contribution in [3.63, 3.8) is 0 Å². The summed E-state index contributed by atoms with van der Waals surface area (Å²) in [7, 11) is 0. The maximum atomic E-state index is 9.88. The number of para-hydroxylation sites is 1. The number of phenolic OH excluding ortho intramolecular Hbond substituents is 1. The summed E-state index contributed by atoms with van der Waals surface area (Å²) >= 11 is 0. The molecule has 0 amide bonds. The summed E-state index contributed by atoms with van der Waals surface area (Å²) in [4.78, 5) is 12.7. The average Bonchev–Trinajstić information content (AvgIpc) is 3.11. The van der Waals surface area contributed by atoms with E-state index in [0.717, 1.165) is 5.56 Å². The van der Waals surface area contributed by atoms with Crippen LogP contribution in [0.1, 0.15) is 24.3 Å². The third-order valence-corrected chi connectivity index (χ3v) is 4.19. The zero-order valence-corrected chi connectivity index (χ0v) is 14.6. The van der Waals surface area contributed by atoms with Crippen molar-refractivity contribution in [2.75, 3.05) is 5.32 Å². The lowest BCUT2D eigenvalue weighted by Crippen LogP contribution is -2.05. The molecule has 1 aromatic carbocycles. The van der Waals surface area contributed by atoms with Crippen LogP contribution in [0.2, 0.25) is 0 Å². The molecule has 0 radical (unpaired) electrons. The van der Waals surface area contributed by atoms with Gasteiger partial charge in [-0.3, -0.25) is 0 Å². The number of fused-ring (bicyclic) bond motifs is 1. The van der Waals surface area contributed by atoms with Gasteiger partial charge in [-0.15, -0.1) is 5.10 Å². The highest BCUT2D eigenvalue weighted by Crippen LogP contribution is 2.22. The van der Waals surface area contributed by atoms with E-state index in [-0.39, 0.29) is 5.75 Å². The van der Waals surface area contributed by atoms with Gasteiger partial charge in [-0.2, -0.15) is 0 Å². The van der Waals surface area contributed by atoms with Crippen molar-refractivity contribution < 1.29 is 10.2 Å². The molecule has 1 atom stereocenters. The van der Waals surface area contributed by atoms with Crippen molar-refractivity contribution >= 4 is 11.5 Å². The number of aromatic nitrogens is 5. The van der Waals surface area contributed by atoms with Crippen LogP contribution in [-0.2, 0) is 6.54 Å². The summed E-state index contributed by atoms with van der Waals surface area (Å²) in [5.41, 5.74) is 3.31. The maximum absolute atomic E-state index is 9.88. The second kappa shape index (κ2) is 7.00. The van der Waals surface area contributed by atoms with Gasteiger partial charge >= 0.3 is 0 Å². The van der Waals surface area contributed by atoms with Crippen molar-refractivity contribution in [2.24, 2.45) is 0 Å². The van der Waals surface area contributed by atoms with E-state index < -0.39 is 6.10 Å². The highest BCUT2D eigenvalue weighted by atomic mass is 16.3. The molecule has 4 aromatic rings. The predicted octanol–water partition coefficient (Wildman–Crippen LogP) is 2.56. The first kappa shape index (κ1) is 16.9. The minimum atomic E-state index is -0.685. The number of rotatable bonds is 5. The molecule has 0 saturated carbocycles. The number of imidazole rings is 1. The summed E-state index contributed by atoms with van der Waals surface area (Å²) in [6.07, 6.45) is 2.41. The fraction of sp³-hybridized carbons (Fsp3) is 0.158. The highest BCUT2D eigenvalue weighted by Gasteiger charge is 2.12. The number of anilines is 1. The quantitative estimate of drug-likeness (QED) is 0.501. The molecular formula is C19H18N6O2. The number of hydrogen-bond acceptors (Lipinski definition) is 7. The number of benzene rings is 1. The van der Waals surface area contributed by atoms with Crippen LogP contribution in [-0.4, -0.2) is 34.8 Å². The van der Waals surface area contributed by atoms with Gasteiger partial charge in [0.1, 0.15) is 23.6 Å².